The number of ether oxygens (including phenoxy) is 3. The Morgan fingerprint density at radius 3 is 2.70 bits per heavy atom. The number of hydrogen-bond donors (Lipinski definition) is 1. The molecule has 0 amide bonds. The number of ketones is 1. The fourth-order valence-electron chi connectivity index (χ4n) is 4.39. The molecule has 0 radical (unpaired) electrons. The number of methoxy groups -OCH3 is 1. The third kappa shape index (κ3) is 4.55. The van der Waals surface area contributed by atoms with Crippen LogP contribution in [-0.4, -0.2) is 12.9 Å². The number of rotatable bonds is 5. The molecular formula is C26H25ClN2O4. The number of allylic oxidation sites excluding steroid dienone is 3. The van der Waals surface area contributed by atoms with Crippen LogP contribution in [0.5, 0.6) is 11.5 Å². The van der Waals surface area contributed by atoms with E-state index in [2.05, 4.69) is 6.07 Å². The van der Waals surface area contributed by atoms with Gasteiger partial charge in [0.25, 0.3) is 0 Å². The SMILES string of the molecule is COc1cc([C@@H]2C(C#N)=C(N)OC3=C2C(=O)CC(C)(C)C3)ccc1OCc1cccc(Cl)c1. The van der Waals surface area contributed by atoms with Gasteiger partial charge in [0.2, 0.25) is 5.88 Å². The topological polar surface area (TPSA) is 94.6 Å². The number of nitrogens with two attached hydrogens (primary N) is 1. The lowest BCUT2D eigenvalue weighted by Gasteiger charge is -2.37. The van der Waals surface area contributed by atoms with Crippen LogP contribution in [0.3, 0.4) is 0 Å². The number of benzene rings is 2. The Kier molecular flexibility index (Phi) is 6.09. The highest BCUT2D eigenvalue weighted by molar-refractivity contribution is 6.30. The summed E-state index contributed by atoms with van der Waals surface area (Å²) in [6.07, 6.45) is 0.949. The van der Waals surface area contributed by atoms with E-state index < -0.39 is 5.92 Å². The second kappa shape index (κ2) is 8.84. The number of nitrogens with zero attached hydrogens (tertiary/aromatic N) is 1. The van der Waals surface area contributed by atoms with E-state index in [1.807, 2.05) is 38.1 Å². The largest absolute Gasteiger partial charge is 0.493 e. The summed E-state index contributed by atoms with van der Waals surface area (Å²) in [4.78, 5) is 13.1. The van der Waals surface area contributed by atoms with Crippen molar-refractivity contribution < 1.29 is 19.0 Å². The van der Waals surface area contributed by atoms with Crippen LogP contribution in [0.4, 0.5) is 0 Å². The number of halogens is 1. The molecule has 0 spiro atoms. The van der Waals surface area contributed by atoms with Crippen molar-refractivity contribution in [2.24, 2.45) is 11.1 Å². The van der Waals surface area contributed by atoms with Crippen LogP contribution >= 0.6 is 11.6 Å². The summed E-state index contributed by atoms with van der Waals surface area (Å²) in [6.45, 7) is 4.34. The van der Waals surface area contributed by atoms with Gasteiger partial charge >= 0.3 is 0 Å². The van der Waals surface area contributed by atoms with Crippen LogP contribution < -0.4 is 15.2 Å². The molecule has 2 N–H and O–H groups in total. The van der Waals surface area contributed by atoms with Gasteiger partial charge in [0.05, 0.1) is 13.0 Å². The number of Topliss-reactive ketones (excluding diaryl/α,β-unsaturated/α-hetero) is 1. The lowest BCUT2D eigenvalue weighted by atomic mass is 9.70. The van der Waals surface area contributed by atoms with Crippen LogP contribution in [0.1, 0.15) is 43.7 Å². The van der Waals surface area contributed by atoms with Crippen molar-refractivity contribution in [2.75, 3.05) is 7.11 Å². The zero-order valence-electron chi connectivity index (χ0n) is 18.8. The molecule has 1 aliphatic carbocycles. The van der Waals surface area contributed by atoms with E-state index in [0.29, 0.717) is 52.9 Å². The Labute approximate surface area is 198 Å². The minimum atomic E-state index is -0.613. The van der Waals surface area contributed by atoms with E-state index in [4.69, 9.17) is 31.5 Å². The molecule has 2 aliphatic rings. The molecular weight excluding hydrogens is 440 g/mol. The number of nitriles is 1. The normalized spacial score (nSPS) is 19.5. The summed E-state index contributed by atoms with van der Waals surface area (Å²) in [6, 6.07) is 14.9. The highest BCUT2D eigenvalue weighted by atomic mass is 35.5. The van der Waals surface area contributed by atoms with Crippen LogP contribution in [0.2, 0.25) is 5.02 Å². The highest BCUT2D eigenvalue weighted by Crippen LogP contribution is 2.48. The Bertz CT molecular complexity index is 1220. The van der Waals surface area contributed by atoms with E-state index in [-0.39, 0.29) is 22.7 Å². The lowest BCUT2D eigenvalue weighted by molar-refractivity contribution is -0.119. The third-order valence-electron chi connectivity index (χ3n) is 5.88. The van der Waals surface area contributed by atoms with Crippen LogP contribution in [0.15, 0.2) is 65.3 Å². The molecule has 0 bridgehead atoms. The molecule has 7 heteroatoms. The maximum atomic E-state index is 13.1. The van der Waals surface area contributed by atoms with Gasteiger partial charge in [-0.1, -0.05) is 43.6 Å². The summed E-state index contributed by atoms with van der Waals surface area (Å²) in [7, 11) is 1.55. The van der Waals surface area contributed by atoms with Gasteiger partial charge in [-0.25, -0.2) is 0 Å². The molecule has 6 nitrogen and oxygen atoms in total. The predicted octanol–water partition coefficient (Wildman–Crippen LogP) is 5.38. The van der Waals surface area contributed by atoms with Gasteiger partial charge in [0, 0.05) is 23.4 Å². The summed E-state index contributed by atoms with van der Waals surface area (Å²) in [5, 5.41) is 10.5. The number of carbonyl (C=O) groups excluding carboxylic acids is 1. The second-order valence-corrected chi connectivity index (χ2v) is 9.47. The van der Waals surface area contributed by atoms with Crippen molar-refractivity contribution >= 4 is 17.4 Å². The summed E-state index contributed by atoms with van der Waals surface area (Å²) >= 11 is 6.05. The van der Waals surface area contributed by atoms with Gasteiger partial charge in [-0.05, 0) is 40.8 Å². The zero-order valence-corrected chi connectivity index (χ0v) is 19.5. The molecule has 170 valence electrons. The quantitative estimate of drug-likeness (QED) is 0.638. The molecule has 33 heavy (non-hydrogen) atoms. The molecule has 2 aromatic rings. The molecule has 2 aromatic carbocycles. The minimum Gasteiger partial charge on any atom is -0.493 e. The van der Waals surface area contributed by atoms with Crippen molar-refractivity contribution in [1.82, 2.24) is 0 Å². The zero-order chi connectivity index (χ0) is 23.8. The van der Waals surface area contributed by atoms with Crippen LogP contribution in [-0.2, 0) is 16.1 Å². The van der Waals surface area contributed by atoms with Crippen molar-refractivity contribution in [3.63, 3.8) is 0 Å². The van der Waals surface area contributed by atoms with Crippen molar-refractivity contribution in [1.29, 1.82) is 5.26 Å². The first-order chi connectivity index (χ1) is 15.7. The molecule has 1 aliphatic heterocycles. The number of carbonyl (C=O) groups is 1. The molecule has 0 unspecified atom stereocenters. The van der Waals surface area contributed by atoms with Crippen LogP contribution in [0, 0.1) is 16.7 Å². The van der Waals surface area contributed by atoms with Gasteiger partial charge < -0.3 is 19.9 Å². The van der Waals surface area contributed by atoms with Crippen molar-refractivity contribution in [3.8, 4) is 17.6 Å². The predicted molar refractivity (Wildman–Crippen MR) is 124 cm³/mol. The maximum absolute atomic E-state index is 13.1. The molecule has 0 fully saturated rings. The maximum Gasteiger partial charge on any atom is 0.205 e. The first-order valence-corrected chi connectivity index (χ1v) is 11.0. The summed E-state index contributed by atoms with van der Waals surface area (Å²) in [5.41, 5.74) is 8.22. The van der Waals surface area contributed by atoms with Crippen LogP contribution in [0.25, 0.3) is 0 Å². The van der Waals surface area contributed by atoms with E-state index in [1.165, 1.54) is 0 Å². The lowest BCUT2D eigenvalue weighted by Crippen LogP contribution is -2.33. The average molecular weight is 465 g/mol. The van der Waals surface area contributed by atoms with Gasteiger partial charge in [-0.3, -0.25) is 4.79 Å². The smallest absolute Gasteiger partial charge is 0.205 e. The third-order valence-corrected chi connectivity index (χ3v) is 6.11. The van der Waals surface area contributed by atoms with E-state index in [9.17, 15) is 10.1 Å². The summed E-state index contributed by atoms with van der Waals surface area (Å²) < 4.78 is 17.3. The molecule has 1 heterocycles. The van der Waals surface area contributed by atoms with Gasteiger partial charge in [0.15, 0.2) is 17.3 Å². The highest BCUT2D eigenvalue weighted by Gasteiger charge is 2.43. The molecule has 1 atom stereocenters. The first kappa shape index (κ1) is 22.8. The fourth-order valence-corrected chi connectivity index (χ4v) is 4.60. The second-order valence-electron chi connectivity index (χ2n) is 9.03. The Morgan fingerprint density at radius 2 is 2.00 bits per heavy atom. The average Bonchev–Trinajstić information content (AvgIpc) is 2.76. The van der Waals surface area contributed by atoms with Crippen molar-refractivity contribution in [2.45, 2.75) is 39.2 Å². The number of hydrogen-bond acceptors (Lipinski definition) is 6. The van der Waals surface area contributed by atoms with Gasteiger partial charge in [-0.2, -0.15) is 5.26 Å². The van der Waals surface area contributed by atoms with Gasteiger partial charge in [-0.15, -0.1) is 0 Å². The van der Waals surface area contributed by atoms with E-state index >= 15 is 0 Å². The monoisotopic (exact) mass is 464 g/mol. The molecule has 4 rings (SSSR count). The van der Waals surface area contributed by atoms with E-state index in [1.54, 1.807) is 25.3 Å². The first-order valence-electron chi connectivity index (χ1n) is 10.6. The van der Waals surface area contributed by atoms with E-state index in [0.717, 1.165) is 5.56 Å². The molecule has 0 aromatic heterocycles. The Hall–Kier alpha value is -3.43. The Morgan fingerprint density at radius 1 is 1.21 bits per heavy atom. The summed E-state index contributed by atoms with van der Waals surface area (Å²) in [5.74, 6) is 0.951. The van der Waals surface area contributed by atoms with Gasteiger partial charge in [0.1, 0.15) is 24.0 Å². The van der Waals surface area contributed by atoms with Crippen molar-refractivity contribution in [3.05, 3.63) is 81.4 Å². The standard InChI is InChI=1S/C26H25ClN2O4/c1-26(2)11-19(30)24-22(12-26)33-25(29)18(13-28)23(24)16-7-8-20(21(10-16)31-3)32-14-15-5-4-6-17(27)9-15/h4-10,23H,11-12,14,29H2,1-3H3/t23-/m1/s1. The molecule has 0 saturated heterocycles. The fraction of sp³-hybridized carbons (Fsp3) is 0.308. The minimum absolute atomic E-state index is 0.0343. The molecule has 0 saturated carbocycles. The Balaban J connectivity index is 1.70.